The highest BCUT2D eigenvalue weighted by molar-refractivity contribution is 5.92. The van der Waals surface area contributed by atoms with Crippen molar-refractivity contribution in [1.82, 2.24) is 0 Å². The van der Waals surface area contributed by atoms with Crippen LogP contribution in [0.3, 0.4) is 0 Å². The van der Waals surface area contributed by atoms with Gasteiger partial charge in [0, 0.05) is 36.3 Å². The van der Waals surface area contributed by atoms with Crippen molar-refractivity contribution in [3.05, 3.63) is 84.0 Å². The fourth-order valence-electron chi connectivity index (χ4n) is 6.11. The van der Waals surface area contributed by atoms with E-state index in [9.17, 15) is 19.8 Å². The molecule has 0 amide bonds. The predicted molar refractivity (Wildman–Crippen MR) is 197 cm³/mol. The predicted octanol–water partition coefficient (Wildman–Crippen LogP) is 8.75. The van der Waals surface area contributed by atoms with Crippen LogP contribution in [-0.4, -0.2) is 48.6 Å². The van der Waals surface area contributed by atoms with Crippen LogP contribution in [0, 0.1) is 5.92 Å². The monoisotopic (exact) mass is 684 g/mol. The molecule has 8 heteroatoms. The molecule has 0 heterocycles. The van der Waals surface area contributed by atoms with Gasteiger partial charge in [-0.1, -0.05) is 64.1 Å². The molecule has 3 aromatic rings. The van der Waals surface area contributed by atoms with E-state index >= 15 is 0 Å². The van der Waals surface area contributed by atoms with Crippen LogP contribution in [0.1, 0.15) is 89.7 Å². The molecule has 8 nitrogen and oxygen atoms in total. The number of esters is 2. The molecule has 4 rings (SSSR count). The maximum Gasteiger partial charge on any atom is 0.338 e. The molecule has 0 radical (unpaired) electrons. The number of ether oxygens (including phenoxy) is 4. The number of carbonyl (C=O) groups excluding carboxylic acids is 2. The summed E-state index contributed by atoms with van der Waals surface area (Å²) < 4.78 is 23.9. The molecule has 268 valence electrons. The molecule has 1 aliphatic carbocycles. The minimum atomic E-state index is -0.591. The van der Waals surface area contributed by atoms with Crippen LogP contribution >= 0.6 is 0 Å². The second kappa shape index (κ2) is 18.6. The van der Waals surface area contributed by atoms with Gasteiger partial charge in [0.1, 0.15) is 0 Å². The van der Waals surface area contributed by atoms with Crippen molar-refractivity contribution >= 4 is 11.9 Å². The zero-order valence-corrected chi connectivity index (χ0v) is 30.0. The maximum absolute atomic E-state index is 13.0. The first-order valence-electron chi connectivity index (χ1n) is 17.7. The third-order valence-corrected chi connectivity index (χ3v) is 9.08. The van der Waals surface area contributed by atoms with Gasteiger partial charge in [0.2, 0.25) is 0 Å². The molecular formula is C42H52O8. The molecule has 0 bridgehead atoms. The lowest BCUT2D eigenvalue weighted by molar-refractivity contribution is -0.131. The number of hydrogen-bond donors (Lipinski definition) is 2. The highest BCUT2D eigenvalue weighted by Gasteiger charge is 2.24. The molecule has 0 saturated heterocycles. The Hall–Kier alpha value is -4.40. The van der Waals surface area contributed by atoms with Crippen molar-refractivity contribution in [2.24, 2.45) is 5.92 Å². The Morgan fingerprint density at radius 2 is 1.36 bits per heavy atom. The van der Waals surface area contributed by atoms with Gasteiger partial charge < -0.3 is 29.2 Å². The fraction of sp³-hybridized carbons (Fsp3) is 0.429. The summed E-state index contributed by atoms with van der Waals surface area (Å²) in [5, 5.41) is 18.8. The van der Waals surface area contributed by atoms with Crippen LogP contribution in [0.25, 0.3) is 22.3 Å². The van der Waals surface area contributed by atoms with Gasteiger partial charge in [0.15, 0.2) is 23.0 Å². The summed E-state index contributed by atoms with van der Waals surface area (Å²) >= 11 is 0. The molecular weight excluding hydrogens is 632 g/mol. The van der Waals surface area contributed by atoms with Crippen molar-refractivity contribution in [2.75, 3.05) is 26.4 Å². The first kappa shape index (κ1) is 38.4. The number of aliphatic hydroxyl groups is 2. The van der Waals surface area contributed by atoms with E-state index in [1.165, 1.54) is 36.8 Å². The molecule has 0 aromatic heterocycles. The SMILES string of the molecule is C=C(C)C(=O)Oc1ccc(-c2cc(-c3ccc(C4CCC(C)CC4)cc3CC)cc(OC(=O)C(=C)C)c2OCCCCO)cc1OCCCO. The molecule has 1 aliphatic rings. The van der Waals surface area contributed by atoms with E-state index < -0.39 is 11.9 Å². The highest BCUT2D eigenvalue weighted by atomic mass is 16.6. The fourth-order valence-corrected chi connectivity index (χ4v) is 6.11. The summed E-state index contributed by atoms with van der Waals surface area (Å²) in [6.07, 6.45) is 7.19. The number of hydrogen-bond acceptors (Lipinski definition) is 8. The van der Waals surface area contributed by atoms with E-state index in [4.69, 9.17) is 18.9 Å². The zero-order valence-electron chi connectivity index (χ0n) is 30.0. The Morgan fingerprint density at radius 3 is 2.00 bits per heavy atom. The lowest BCUT2D eigenvalue weighted by atomic mass is 9.78. The van der Waals surface area contributed by atoms with Gasteiger partial charge in [0.25, 0.3) is 0 Å². The molecule has 1 saturated carbocycles. The van der Waals surface area contributed by atoms with E-state index in [-0.39, 0.29) is 49.1 Å². The Kier molecular flexibility index (Phi) is 14.2. The van der Waals surface area contributed by atoms with Crippen molar-refractivity contribution in [3.8, 4) is 45.3 Å². The maximum atomic E-state index is 13.0. The van der Waals surface area contributed by atoms with Crippen LogP contribution in [0.4, 0.5) is 0 Å². The molecule has 0 atom stereocenters. The minimum absolute atomic E-state index is 0.0290. The highest BCUT2D eigenvalue weighted by Crippen LogP contribution is 2.46. The van der Waals surface area contributed by atoms with Gasteiger partial charge >= 0.3 is 11.9 Å². The van der Waals surface area contributed by atoms with Gasteiger partial charge in [-0.3, -0.25) is 0 Å². The van der Waals surface area contributed by atoms with E-state index in [1.54, 1.807) is 32.0 Å². The van der Waals surface area contributed by atoms with Crippen molar-refractivity contribution in [2.45, 2.75) is 85.0 Å². The summed E-state index contributed by atoms with van der Waals surface area (Å²) in [6.45, 7) is 15.5. The van der Waals surface area contributed by atoms with Gasteiger partial charge in [-0.05, 0) is 110 Å². The number of benzene rings is 3. The van der Waals surface area contributed by atoms with E-state index in [0.29, 0.717) is 47.8 Å². The zero-order chi connectivity index (χ0) is 36.2. The van der Waals surface area contributed by atoms with Crippen LogP contribution in [0.5, 0.6) is 23.0 Å². The Balaban J connectivity index is 1.91. The second-order valence-corrected chi connectivity index (χ2v) is 13.3. The number of unbranched alkanes of at least 4 members (excludes halogenated alkanes) is 1. The van der Waals surface area contributed by atoms with Crippen LogP contribution in [0.15, 0.2) is 72.8 Å². The first-order chi connectivity index (χ1) is 24.1. The van der Waals surface area contributed by atoms with Gasteiger partial charge in [-0.25, -0.2) is 9.59 Å². The van der Waals surface area contributed by atoms with Gasteiger partial charge in [-0.15, -0.1) is 0 Å². The average Bonchev–Trinajstić information content (AvgIpc) is 3.11. The third-order valence-electron chi connectivity index (χ3n) is 9.08. The van der Waals surface area contributed by atoms with Crippen LogP contribution in [-0.2, 0) is 16.0 Å². The topological polar surface area (TPSA) is 112 Å². The van der Waals surface area contributed by atoms with Crippen molar-refractivity contribution in [3.63, 3.8) is 0 Å². The van der Waals surface area contributed by atoms with Crippen molar-refractivity contribution in [1.29, 1.82) is 0 Å². The average molecular weight is 685 g/mol. The van der Waals surface area contributed by atoms with Crippen LogP contribution in [0.2, 0.25) is 0 Å². The summed E-state index contributed by atoms with van der Waals surface area (Å²) in [5.74, 6) is 1.23. The number of rotatable bonds is 17. The smallest absolute Gasteiger partial charge is 0.338 e. The Morgan fingerprint density at radius 1 is 0.720 bits per heavy atom. The lowest BCUT2D eigenvalue weighted by Crippen LogP contribution is -2.12. The van der Waals surface area contributed by atoms with E-state index in [2.05, 4.69) is 45.2 Å². The Labute approximate surface area is 296 Å². The summed E-state index contributed by atoms with van der Waals surface area (Å²) in [4.78, 5) is 25.5. The normalized spacial score (nSPS) is 15.6. The minimum Gasteiger partial charge on any atom is -0.490 e. The van der Waals surface area contributed by atoms with E-state index in [1.807, 2.05) is 12.1 Å². The van der Waals surface area contributed by atoms with Crippen LogP contribution < -0.4 is 18.9 Å². The largest absolute Gasteiger partial charge is 0.490 e. The first-order valence-corrected chi connectivity index (χ1v) is 17.7. The number of aryl methyl sites for hydroxylation is 1. The summed E-state index contributed by atoms with van der Waals surface area (Å²) in [6, 6.07) is 15.8. The summed E-state index contributed by atoms with van der Waals surface area (Å²) in [5.41, 5.74) is 6.19. The number of carbonyl (C=O) groups is 2. The second-order valence-electron chi connectivity index (χ2n) is 13.3. The molecule has 0 spiro atoms. The molecule has 3 aromatic carbocycles. The molecule has 50 heavy (non-hydrogen) atoms. The molecule has 0 unspecified atom stereocenters. The van der Waals surface area contributed by atoms with Gasteiger partial charge in [-0.2, -0.15) is 0 Å². The Bertz CT molecular complexity index is 1660. The van der Waals surface area contributed by atoms with E-state index in [0.717, 1.165) is 23.5 Å². The number of aliphatic hydroxyl groups excluding tert-OH is 2. The molecule has 1 fully saturated rings. The molecule has 2 N–H and O–H groups in total. The quantitative estimate of drug-likeness (QED) is 0.0629. The molecule has 0 aliphatic heterocycles. The lowest BCUT2D eigenvalue weighted by Gasteiger charge is -2.27. The third kappa shape index (κ3) is 10.1. The van der Waals surface area contributed by atoms with Crippen molar-refractivity contribution < 1.29 is 38.7 Å². The van der Waals surface area contributed by atoms with Gasteiger partial charge in [0.05, 0.1) is 13.2 Å². The standard InChI is InChI=1S/C42H52O8/c1-7-30-23-32(31-13-11-29(6)12-14-31)15-17-35(30)34-24-36(40(48-21-9-8-19-43)39(26-34)50-42(46)28(4)5)33-16-18-37(49-41(45)27(2)3)38(25-33)47-22-10-20-44/h15-18,23-26,29,31,43-44H,2,4,7-14,19-22H2,1,3,5-6H3. The summed E-state index contributed by atoms with van der Waals surface area (Å²) in [7, 11) is 0.